The zero-order chi connectivity index (χ0) is 17.2. The van der Waals surface area contributed by atoms with E-state index >= 15 is 0 Å². The molecule has 0 heterocycles. The summed E-state index contributed by atoms with van der Waals surface area (Å²) in [5, 5.41) is 0. The molecular weight excluding hydrogens is 317 g/mol. The molecule has 0 aromatic rings. The van der Waals surface area contributed by atoms with Crippen LogP contribution in [0, 0.1) is 0 Å². The van der Waals surface area contributed by atoms with Gasteiger partial charge in [0.1, 0.15) is 25.4 Å². The maximum atomic E-state index is 12.9. The number of alkyl halides is 2. The van der Waals surface area contributed by atoms with Crippen LogP contribution >= 0.6 is 0 Å². The zero-order valence-electron chi connectivity index (χ0n) is 12.9. The molecule has 0 saturated heterocycles. The fourth-order valence-corrected chi connectivity index (χ4v) is 1.24. The summed E-state index contributed by atoms with van der Waals surface area (Å²) in [7, 11) is 2.56. The maximum absolute atomic E-state index is 12.9. The standard InChI is InChI=1S/C11H19F2N2O2.BF3.FH/c1-6-17-11(16)8(7-14(2)3)9(10(12)13)15(4)5;2-1(3)4;/h7,10H,6H2,1-5H3;;1H/q+1;;/p-1. The molecule has 0 saturated carbocycles. The molecule has 0 aromatic carbocycles. The highest BCUT2D eigenvalue weighted by molar-refractivity contribution is 6.33. The van der Waals surface area contributed by atoms with Gasteiger partial charge in [0.25, 0.3) is 6.43 Å². The van der Waals surface area contributed by atoms with E-state index in [0.717, 1.165) is 0 Å². The lowest BCUT2D eigenvalue weighted by Crippen LogP contribution is -3.00. The van der Waals surface area contributed by atoms with Crippen molar-refractivity contribution >= 4 is 19.7 Å². The Balaban J connectivity index is -0.000000640. The molecule has 0 atom stereocenters. The van der Waals surface area contributed by atoms with Crippen molar-refractivity contribution in [2.24, 2.45) is 0 Å². The lowest BCUT2D eigenvalue weighted by atomic mass is 10.2. The van der Waals surface area contributed by atoms with Gasteiger partial charge in [0.15, 0.2) is 6.21 Å². The van der Waals surface area contributed by atoms with Crippen molar-refractivity contribution in [1.82, 2.24) is 4.90 Å². The molecule has 0 bridgehead atoms. The summed E-state index contributed by atoms with van der Waals surface area (Å²) in [4.78, 5) is 12.9. The quantitative estimate of drug-likeness (QED) is 0.159. The molecule has 4 nitrogen and oxygen atoms in total. The molecule has 0 radical (unpaired) electrons. The third-order valence-electron chi connectivity index (χ3n) is 1.85. The van der Waals surface area contributed by atoms with Gasteiger partial charge in [-0.3, -0.25) is 12.9 Å². The SMILES string of the molecule is CCOC(=O)C(C=[N+](C)C)=C(C(F)F)N(C)C.FB(F)F.[F-]. The van der Waals surface area contributed by atoms with E-state index in [1.54, 1.807) is 21.0 Å². The van der Waals surface area contributed by atoms with Crippen LogP contribution in [0.5, 0.6) is 0 Å². The van der Waals surface area contributed by atoms with E-state index in [1.165, 1.54) is 29.8 Å². The van der Waals surface area contributed by atoms with Crippen molar-refractivity contribution in [2.75, 3.05) is 34.8 Å². The summed E-state index contributed by atoms with van der Waals surface area (Å²) in [5.74, 6) is -0.745. The Hall–Kier alpha value is -1.68. The van der Waals surface area contributed by atoms with Crippen molar-refractivity contribution in [1.29, 1.82) is 0 Å². The van der Waals surface area contributed by atoms with Crippen LogP contribution in [0.25, 0.3) is 0 Å². The first kappa shape index (κ1) is 25.3. The molecule has 0 amide bonds. The Morgan fingerprint density at radius 3 is 1.91 bits per heavy atom. The van der Waals surface area contributed by atoms with Gasteiger partial charge in [0.2, 0.25) is 0 Å². The van der Waals surface area contributed by atoms with Crippen LogP contribution in [0.15, 0.2) is 11.3 Å². The number of carbonyl (C=O) groups excluding carboxylic acids is 1. The predicted octanol–water partition coefficient (Wildman–Crippen LogP) is -1.14. The lowest BCUT2D eigenvalue weighted by molar-refractivity contribution is -0.458. The van der Waals surface area contributed by atoms with Gasteiger partial charge < -0.3 is 14.3 Å². The summed E-state index contributed by atoms with van der Waals surface area (Å²) in [6, 6.07) is 0. The zero-order valence-corrected chi connectivity index (χ0v) is 12.9. The first-order valence-electron chi connectivity index (χ1n) is 5.84. The predicted molar refractivity (Wildman–Crippen MR) is 70.6 cm³/mol. The Morgan fingerprint density at radius 1 is 1.27 bits per heavy atom. The number of nitrogens with zero attached hydrogens (tertiary/aromatic N) is 2. The van der Waals surface area contributed by atoms with E-state index in [9.17, 15) is 26.5 Å². The number of carbonyl (C=O) groups is 1. The molecule has 22 heavy (non-hydrogen) atoms. The molecule has 0 spiro atoms. The topological polar surface area (TPSA) is 32.6 Å². The number of rotatable bonds is 5. The fraction of sp³-hybridized carbons (Fsp3) is 0.636. The van der Waals surface area contributed by atoms with Crippen LogP contribution in [0.1, 0.15) is 6.92 Å². The smallest absolute Gasteiger partial charge is 0.762 e. The third-order valence-corrected chi connectivity index (χ3v) is 1.85. The van der Waals surface area contributed by atoms with Gasteiger partial charge in [-0.25, -0.2) is 18.2 Å². The number of hydrogen-bond acceptors (Lipinski definition) is 3. The highest BCUT2D eigenvalue weighted by Gasteiger charge is 2.26. The minimum atomic E-state index is -3.67. The van der Waals surface area contributed by atoms with Gasteiger partial charge in [-0.15, -0.1) is 0 Å². The third kappa shape index (κ3) is 12.1. The highest BCUT2D eigenvalue weighted by Crippen LogP contribution is 2.16. The van der Waals surface area contributed by atoms with Gasteiger partial charge in [-0.05, 0) is 6.92 Å². The largest absolute Gasteiger partial charge is 1.00 e. The van der Waals surface area contributed by atoms with Gasteiger partial charge in [0.05, 0.1) is 6.61 Å². The first-order valence-corrected chi connectivity index (χ1v) is 5.84. The number of esters is 1. The monoisotopic (exact) mass is 336 g/mol. The second-order valence-electron chi connectivity index (χ2n) is 4.05. The van der Waals surface area contributed by atoms with Crippen LogP contribution in [0.2, 0.25) is 0 Å². The molecule has 0 aliphatic carbocycles. The molecule has 0 aromatic heterocycles. The molecule has 0 rings (SSSR count). The number of halogens is 6. The second kappa shape index (κ2) is 13.0. The number of hydrogen-bond donors (Lipinski definition) is 0. The van der Waals surface area contributed by atoms with Gasteiger partial charge in [-0.2, -0.15) is 0 Å². The molecule has 0 aliphatic heterocycles. The van der Waals surface area contributed by atoms with E-state index in [1.807, 2.05) is 0 Å². The van der Waals surface area contributed by atoms with Crippen molar-refractivity contribution < 1.29 is 40.5 Å². The minimum Gasteiger partial charge on any atom is -1.00 e. The fourth-order valence-electron chi connectivity index (χ4n) is 1.24. The number of ether oxygens (including phenoxy) is 1. The van der Waals surface area contributed by atoms with Crippen LogP contribution in [-0.4, -0.2) is 70.4 Å². The second-order valence-corrected chi connectivity index (χ2v) is 4.05. The molecule has 11 heteroatoms. The van der Waals surface area contributed by atoms with E-state index in [-0.39, 0.29) is 22.6 Å². The van der Waals surface area contributed by atoms with Crippen LogP contribution in [0.3, 0.4) is 0 Å². The summed E-state index contributed by atoms with van der Waals surface area (Å²) in [5.41, 5.74) is -0.478. The Bertz CT molecular complexity index is 372. The minimum absolute atomic E-state index is 0. The molecule has 0 aliphatic rings. The van der Waals surface area contributed by atoms with Crippen LogP contribution in [0.4, 0.5) is 21.7 Å². The van der Waals surface area contributed by atoms with Gasteiger partial charge >= 0.3 is 13.5 Å². The average molecular weight is 336 g/mol. The van der Waals surface area contributed by atoms with Crippen molar-refractivity contribution in [3.8, 4) is 0 Å². The molecule has 0 unspecified atom stereocenters. The van der Waals surface area contributed by atoms with Gasteiger partial charge in [0, 0.05) is 14.1 Å². The van der Waals surface area contributed by atoms with E-state index in [0.29, 0.717) is 0 Å². The normalized spacial score (nSPS) is 10.5. The van der Waals surface area contributed by atoms with Crippen molar-refractivity contribution in [3.05, 3.63) is 11.3 Å². The molecule has 130 valence electrons. The maximum Gasteiger partial charge on any atom is 0.762 e. The average Bonchev–Trinajstić information content (AvgIpc) is 2.25. The van der Waals surface area contributed by atoms with E-state index in [2.05, 4.69) is 0 Å². The number of allylic oxidation sites excluding steroid dienone is 1. The molecule has 0 fully saturated rings. The Labute approximate surface area is 125 Å². The summed E-state index contributed by atoms with van der Waals surface area (Å²) >= 11 is 0. The van der Waals surface area contributed by atoms with E-state index < -0.39 is 19.9 Å². The van der Waals surface area contributed by atoms with Crippen LogP contribution < -0.4 is 4.70 Å². The van der Waals surface area contributed by atoms with Crippen molar-refractivity contribution in [2.45, 2.75) is 13.3 Å². The highest BCUT2D eigenvalue weighted by atomic mass is 19.4. The van der Waals surface area contributed by atoms with Gasteiger partial charge in [-0.1, -0.05) is 0 Å². The summed E-state index contributed by atoms with van der Waals surface area (Å²) < 4.78 is 61.1. The molecule has 0 N–H and O–H groups in total. The van der Waals surface area contributed by atoms with E-state index in [4.69, 9.17) is 4.74 Å². The van der Waals surface area contributed by atoms with Crippen molar-refractivity contribution in [3.63, 3.8) is 0 Å². The summed E-state index contributed by atoms with van der Waals surface area (Å²) in [6.07, 6.45) is -1.40. The van der Waals surface area contributed by atoms with Crippen LogP contribution in [-0.2, 0) is 9.53 Å². The summed E-state index contributed by atoms with van der Waals surface area (Å²) in [6.45, 7) is 1.77. The molecular formula is C11H19BF6N2O2. The first-order chi connectivity index (χ1) is 9.54. The Kier molecular flexibility index (Phi) is 15.0. The Morgan fingerprint density at radius 2 is 1.68 bits per heavy atom. The lowest BCUT2D eigenvalue weighted by Gasteiger charge is -2.18.